The minimum absolute atomic E-state index is 0.0901. The highest BCUT2D eigenvalue weighted by Gasteiger charge is 2.50. The first-order valence-electron chi connectivity index (χ1n) is 9.13. The van der Waals surface area contributed by atoms with E-state index in [1.54, 1.807) is 24.3 Å². The van der Waals surface area contributed by atoms with Gasteiger partial charge in [-0.1, -0.05) is 29.8 Å². The predicted octanol–water partition coefficient (Wildman–Crippen LogP) is 2.58. The number of carbonyl (C=O) groups excluding carboxylic acids is 3. The molecule has 152 valence electrons. The van der Waals surface area contributed by atoms with Gasteiger partial charge < -0.3 is 15.3 Å². The quantitative estimate of drug-likeness (QED) is 0.677. The van der Waals surface area contributed by atoms with E-state index < -0.39 is 29.0 Å². The molecule has 29 heavy (non-hydrogen) atoms. The summed E-state index contributed by atoms with van der Waals surface area (Å²) in [5.74, 6) is -2.39. The number of para-hydroxylation sites is 1. The Kier molecular flexibility index (Phi) is 6.30. The highest BCUT2D eigenvalue weighted by Crippen LogP contribution is 2.26. The van der Waals surface area contributed by atoms with Gasteiger partial charge >= 0.3 is 0 Å². The number of amides is 2. The van der Waals surface area contributed by atoms with Crippen molar-refractivity contribution in [2.45, 2.75) is 24.9 Å². The predicted molar refractivity (Wildman–Crippen MR) is 106 cm³/mol. The van der Waals surface area contributed by atoms with E-state index in [2.05, 4.69) is 5.32 Å². The zero-order chi connectivity index (χ0) is 21.0. The van der Waals surface area contributed by atoms with Gasteiger partial charge in [-0.15, -0.1) is 0 Å². The molecule has 1 aliphatic heterocycles. The Labute approximate surface area is 172 Å². The van der Waals surface area contributed by atoms with Crippen molar-refractivity contribution >= 4 is 34.9 Å². The molecule has 0 spiro atoms. The lowest BCUT2D eigenvalue weighted by Gasteiger charge is -2.21. The lowest BCUT2D eigenvalue weighted by atomic mass is 9.92. The molecule has 0 aromatic heterocycles. The molecule has 1 atom stereocenters. The smallest absolute Gasteiger partial charge is 0.262 e. The van der Waals surface area contributed by atoms with Crippen molar-refractivity contribution < 1.29 is 23.9 Å². The zero-order valence-electron chi connectivity index (χ0n) is 15.5. The van der Waals surface area contributed by atoms with Crippen LogP contribution in [0.25, 0.3) is 0 Å². The first-order valence-corrected chi connectivity index (χ1v) is 9.50. The SMILES string of the molecule is O=C(CN1CCC(O)(C(=O)CCc2cc(F)cc(Cl)c2)C1=O)Nc1ccccc1. The molecule has 1 saturated heterocycles. The molecular weight excluding hydrogens is 399 g/mol. The van der Waals surface area contributed by atoms with Gasteiger partial charge in [-0.3, -0.25) is 14.4 Å². The largest absolute Gasteiger partial charge is 0.373 e. The van der Waals surface area contributed by atoms with E-state index in [9.17, 15) is 23.9 Å². The van der Waals surface area contributed by atoms with Gasteiger partial charge in [-0.25, -0.2) is 4.39 Å². The van der Waals surface area contributed by atoms with Crippen LogP contribution >= 0.6 is 11.6 Å². The number of Topliss-reactive ketones (excluding diaryl/α,β-unsaturated/α-hetero) is 1. The molecule has 2 N–H and O–H groups in total. The number of nitrogens with one attached hydrogen (secondary N) is 1. The van der Waals surface area contributed by atoms with Gasteiger partial charge in [0.2, 0.25) is 11.5 Å². The maximum Gasteiger partial charge on any atom is 0.262 e. The van der Waals surface area contributed by atoms with Gasteiger partial charge in [0, 0.05) is 30.1 Å². The van der Waals surface area contributed by atoms with Crippen LogP contribution in [0.4, 0.5) is 10.1 Å². The van der Waals surface area contributed by atoms with Crippen molar-refractivity contribution in [1.29, 1.82) is 0 Å². The summed E-state index contributed by atoms with van der Waals surface area (Å²) in [6.07, 6.45) is -0.0976. The summed E-state index contributed by atoms with van der Waals surface area (Å²) in [5, 5.41) is 13.5. The van der Waals surface area contributed by atoms with Gasteiger partial charge in [-0.2, -0.15) is 0 Å². The van der Waals surface area contributed by atoms with Crippen LogP contribution in [0.5, 0.6) is 0 Å². The monoisotopic (exact) mass is 418 g/mol. The highest BCUT2D eigenvalue weighted by atomic mass is 35.5. The van der Waals surface area contributed by atoms with E-state index in [0.717, 1.165) is 11.0 Å². The molecule has 0 saturated carbocycles. The van der Waals surface area contributed by atoms with Gasteiger partial charge in [0.25, 0.3) is 5.91 Å². The van der Waals surface area contributed by atoms with E-state index >= 15 is 0 Å². The maximum absolute atomic E-state index is 13.4. The Morgan fingerprint density at radius 3 is 2.62 bits per heavy atom. The number of likely N-dealkylation sites (tertiary alicyclic amines) is 1. The number of ketones is 1. The van der Waals surface area contributed by atoms with E-state index in [4.69, 9.17) is 11.6 Å². The third kappa shape index (κ3) is 4.99. The zero-order valence-corrected chi connectivity index (χ0v) is 16.3. The second-order valence-corrected chi connectivity index (χ2v) is 7.39. The Morgan fingerprint density at radius 1 is 1.21 bits per heavy atom. The summed E-state index contributed by atoms with van der Waals surface area (Å²) >= 11 is 5.80. The van der Waals surface area contributed by atoms with E-state index in [0.29, 0.717) is 11.3 Å². The summed E-state index contributed by atoms with van der Waals surface area (Å²) in [7, 11) is 0. The summed E-state index contributed by atoms with van der Waals surface area (Å²) in [4.78, 5) is 38.4. The molecule has 1 heterocycles. The molecule has 2 amide bonds. The summed E-state index contributed by atoms with van der Waals surface area (Å²) in [6, 6.07) is 12.7. The first kappa shape index (κ1) is 21.0. The Hall–Kier alpha value is -2.77. The highest BCUT2D eigenvalue weighted by molar-refractivity contribution is 6.30. The van der Waals surface area contributed by atoms with E-state index in [1.807, 2.05) is 6.07 Å². The number of hydrogen-bond donors (Lipinski definition) is 2. The minimum atomic E-state index is -2.16. The number of aryl methyl sites for hydroxylation is 1. The lowest BCUT2D eigenvalue weighted by molar-refractivity contribution is -0.153. The number of carbonyl (C=O) groups is 3. The molecule has 6 nitrogen and oxygen atoms in total. The molecule has 1 aliphatic rings. The van der Waals surface area contributed by atoms with Crippen LogP contribution in [0.2, 0.25) is 5.02 Å². The third-order valence-corrected chi connectivity index (χ3v) is 5.02. The number of benzene rings is 2. The normalized spacial score (nSPS) is 18.7. The number of hydrogen-bond acceptors (Lipinski definition) is 4. The Morgan fingerprint density at radius 2 is 1.93 bits per heavy atom. The summed E-state index contributed by atoms with van der Waals surface area (Å²) < 4.78 is 13.4. The second-order valence-electron chi connectivity index (χ2n) is 6.95. The maximum atomic E-state index is 13.4. The molecule has 1 unspecified atom stereocenters. The van der Waals surface area contributed by atoms with Crippen LogP contribution < -0.4 is 5.32 Å². The fourth-order valence-electron chi connectivity index (χ4n) is 3.29. The van der Waals surface area contributed by atoms with Crippen LogP contribution in [0.15, 0.2) is 48.5 Å². The van der Waals surface area contributed by atoms with Crippen molar-refractivity contribution in [2.24, 2.45) is 0 Å². The van der Waals surface area contributed by atoms with Crippen LogP contribution in [0.3, 0.4) is 0 Å². The fourth-order valence-corrected chi connectivity index (χ4v) is 3.54. The van der Waals surface area contributed by atoms with Crippen molar-refractivity contribution in [3.8, 4) is 0 Å². The van der Waals surface area contributed by atoms with Crippen LogP contribution in [0, 0.1) is 5.82 Å². The molecule has 0 radical (unpaired) electrons. The van der Waals surface area contributed by atoms with Gasteiger partial charge in [0.1, 0.15) is 5.82 Å². The summed E-state index contributed by atoms with van der Waals surface area (Å²) in [6.45, 7) is -0.169. The van der Waals surface area contributed by atoms with Crippen molar-refractivity contribution in [3.05, 3.63) is 64.9 Å². The fraction of sp³-hybridized carbons (Fsp3) is 0.286. The van der Waals surface area contributed by atoms with E-state index in [1.165, 1.54) is 12.1 Å². The molecule has 0 bridgehead atoms. The van der Waals surface area contributed by atoms with Crippen molar-refractivity contribution in [3.63, 3.8) is 0 Å². The minimum Gasteiger partial charge on any atom is -0.373 e. The van der Waals surface area contributed by atoms with Crippen LogP contribution in [-0.2, 0) is 20.8 Å². The van der Waals surface area contributed by atoms with Crippen molar-refractivity contribution in [1.82, 2.24) is 4.90 Å². The number of halogens is 2. The average molecular weight is 419 g/mol. The van der Waals surface area contributed by atoms with E-state index in [-0.39, 0.29) is 37.4 Å². The van der Waals surface area contributed by atoms with Crippen molar-refractivity contribution in [2.75, 3.05) is 18.4 Å². The number of rotatable bonds is 7. The lowest BCUT2D eigenvalue weighted by Crippen LogP contribution is -2.48. The Balaban J connectivity index is 1.58. The number of nitrogens with zero attached hydrogens (tertiary/aromatic N) is 1. The summed E-state index contributed by atoms with van der Waals surface area (Å²) in [5.41, 5.74) is -1.08. The molecule has 0 aliphatic carbocycles. The number of aliphatic hydroxyl groups is 1. The topological polar surface area (TPSA) is 86.7 Å². The van der Waals surface area contributed by atoms with Gasteiger partial charge in [-0.05, 0) is 42.3 Å². The van der Waals surface area contributed by atoms with Crippen LogP contribution in [-0.4, -0.2) is 46.3 Å². The number of anilines is 1. The molecular formula is C21H20ClFN2O4. The van der Waals surface area contributed by atoms with Gasteiger partial charge in [0.05, 0.1) is 6.54 Å². The first-order chi connectivity index (χ1) is 13.8. The van der Waals surface area contributed by atoms with Crippen LogP contribution in [0.1, 0.15) is 18.4 Å². The molecule has 1 fully saturated rings. The standard InChI is InChI=1S/C21H20ClFN2O4/c22-15-10-14(11-16(23)12-15)6-7-18(26)21(29)8-9-25(20(21)28)13-19(27)24-17-4-2-1-3-5-17/h1-5,10-12,29H,6-9,13H2,(H,24,27). The molecule has 2 aromatic carbocycles. The van der Waals surface area contributed by atoms with Gasteiger partial charge in [0.15, 0.2) is 5.78 Å². The third-order valence-electron chi connectivity index (χ3n) is 4.80. The Bertz CT molecular complexity index is 917. The molecule has 2 aromatic rings. The molecule has 3 rings (SSSR count). The molecule has 8 heteroatoms. The average Bonchev–Trinajstić information content (AvgIpc) is 2.96. The second kappa shape index (κ2) is 8.71.